The van der Waals surface area contributed by atoms with Gasteiger partial charge in [-0.05, 0) is 6.07 Å². The average molecular weight is 309 g/mol. The molecule has 0 fully saturated rings. The Bertz CT molecular complexity index is 928. The van der Waals surface area contributed by atoms with Gasteiger partial charge in [-0.15, -0.1) is 5.11 Å². The van der Waals surface area contributed by atoms with Gasteiger partial charge in [0, 0.05) is 17.7 Å². The Balaban J connectivity index is 1.98. The van der Waals surface area contributed by atoms with Gasteiger partial charge in [0.05, 0.1) is 16.3 Å². The van der Waals surface area contributed by atoms with Crippen molar-refractivity contribution < 1.29 is 4.92 Å². The lowest BCUT2D eigenvalue weighted by molar-refractivity contribution is -0.384. The number of nitro benzene ring substituents is 1. The molecule has 0 radical (unpaired) electrons. The first-order valence-corrected chi connectivity index (χ1v) is 6.67. The van der Waals surface area contributed by atoms with Gasteiger partial charge in [-0.25, -0.2) is 0 Å². The van der Waals surface area contributed by atoms with E-state index in [-0.39, 0.29) is 11.4 Å². The zero-order valence-corrected chi connectivity index (χ0v) is 11.8. The van der Waals surface area contributed by atoms with Crippen LogP contribution in [-0.4, -0.2) is 15.1 Å². The number of nitrogens with zero attached hydrogens (tertiary/aromatic N) is 3. The zero-order valence-electron chi connectivity index (χ0n) is 11.8. The maximum Gasteiger partial charge on any atom is 0.292 e. The Morgan fingerprint density at radius 1 is 0.957 bits per heavy atom. The van der Waals surface area contributed by atoms with Crippen molar-refractivity contribution in [2.75, 3.05) is 0 Å². The highest BCUT2D eigenvalue weighted by molar-refractivity contribution is 5.71. The minimum absolute atomic E-state index is 0.0901. The Hall–Kier alpha value is -3.55. The molecule has 8 nitrogen and oxygen atoms in total. The smallest absolute Gasteiger partial charge is 0.292 e. The molecular formula is C15H11N5O3. The number of aromatic nitrogens is 2. The first kappa shape index (κ1) is 14.4. The number of nitrogens with one attached hydrogen (secondary N) is 2. The van der Waals surface area contributed by atoms with E-state index in [0.717, 1.165) is 5.56 Å². The molecular weight excluding hydrogens is 298 g/mol. The van der Waals surface area contributed by atoms with E-state index in [1.807, 2.05) is 30.3 Å². The lowest BCUT2D eigenvalue weighted by atomic mass is 10.1. The molecule has 0 atom stereocenters. The van der Waals surface area contributed by atoms with Gasteiger partial charge < -0.3 is 0 Å². The summed E-state index contributed by atoms with van der Waals surface area (Å²) in [5, 5.41) is 23.8. The summed E-state index contributed by atoms with van der Waals surface area (Å²) in [6.45, 7) is 0. The van der Waals surface area contributed by atoms with Gasteiger partial charge in [0.15, 0.2) is 5.69 Å². The van der Waals surface area contributed by atoms with E-state index in [0.29, 0.717) is 11.4 Å². The van der Waals surface area contributed by atoms with E-state index >= 15 is 0 Å². The molecule has 23 heavy (non-hydrogen) atoms. The highest BCUT2D eigenvalue weighted by Crippen LogP contribution is 2.27. The van der Waals surface area contributed by atoms with E-state index < -0.39 is 10.5 Å². The molecule has 3 aromatic rings. The number of hydrogen-bond donors (Lipinski definition) is 2. The Morgan fingerprint density at radius 3 is 2.48 bits per heavy atom. The predicted octanol–water partition coefficient (Wildman–Crippen LogP) is 3.69. The van der Waals surface area contributed by atoms with Gasteiger partial charge >= 0.3 is 0 Å². The summed E-state index contributed by atoms with van der Waals surface area (Å²) in [7, 11) is 0. The molecule has 1 heterocycles. The summed E-state index contributed by atoms with van der Waals surface area (Å²) >= 11 is 0. The Kier molecular flexibility index (Phi) is 3.79. The maximum atomic E-state index is 11.9. The summed E-state index contributed by atoms with van der Waals surface area (Å²) in [5.41, 5.74) is 1.18. The number of H-pyrrole nitrogens is 2. The molecule has 8 heteroatoms. The summed E-state index contributed by atoms with van der Waals surface area (Å²) in [4.78, 5) is 22.1. The van der Waals surface area contributed by atoms with Gasteiger partial charge in [0.2, 0.25) is 0 Å². The molecule has 3 rings (SSSR count). The van der Waals surface area contributed by atoms with Crippen LogP contribution >= 0.6 is 0 Å². The van der Waals surface area contributed by atoms with Crippen LogP contribution in [0.15, 0.2) is 69.6 Å². The number of non-ortho nitro benzene ring substituents is 1. The maximum absolute atomic E-state index is 11.9. The fourth-order valence-electron chi connectivity index (χ4n) is 2.04. The van der Waals surface area contributed by atoms with Crippen LogP contribution in [0.1, 0.15) is 0 Å². The highest BCUT2D eigenvalue weighted by atomic mass is 16.6. The van der Waals surface area contributed by atoms with E-state index in [1.54, 1.807) is 6.07 Å². The predicted molar refractivity (Wildman–Crippen MR) is 84.1 cm³/mol. The molecule has 2 aromatic carbocycles. The third kappa shape index (κ3) is 3.05. The lowest BCUT2D eigenvalue weighted by Crippen LogP contribution is -1.96. The van der Waals surface area contributed by atoms with E-state index in [4.69, 9.17) is 0 Å². The largest absolute Gasteiger partial charge is 0.295 e. The van der Waals surface area contributed by atoms with Gasteiger partial charge in [0.25, 0.3) is 11.2 Å². The minimum Gasteiger partial charge on any atom is -0.295 e. The molecule has 0 saturated heterocycles. The second-order valence-electron chi connectivity index (χ2n) is 4.65. The van der Waals surface area contributed by atoms with Gasteiger partial charge in [-0.1, -0.05) is 36.4 Å². The molecule has 0 amide bonds. The van der Waals surface area contributed by atoms with E-state index in [9.17, 15) is 14.9 Å². The summed E-state index contributed by atoms with van der Waals surface area (Å²) in [6, 6.07) is 14.9. The van der Waals surface area contributed by atoms with E-state index in [2.05, 4.69) is 20.4 Å². The van der Waals surface area contributed by atoms with Crippen molar-refractivity contribution in [2.24, 2.45) is 10.2 Å². The fourth-order valence-corrected chi connectivity index (χ4v) is 2.04. The molecule has 0 unspecified atom stereocenters. The summed E-state index contributed by atoms with van der Waals surface area (Å²) < 4.78 is 0. The van der Waals surface area contributed by atoms with E-state index in [1.165, 1.54) is 18.2 Å². The SMILES string of the molecule is O=c1[nH][nH]c(-c2ccccc2)c1N=Nc1cccc([N+](=O)[O-])c1. The molecule has 1 aromatic heterocycles. The molecule has 2 N–H and O–H groups in total. The number of nitro groups is 1. The second-order valence-corrected chi connectivity index (χ2v) is 4.65. The van der Waals surface area contributed by atoms with Crippen molar-refractivity contribution in [1.82, 2.24) is 10.2 Å². The van der Waals surface area contributed by atoms with Crippen LogP contribution in [0.25, 0.3) is 11.3 Å². The normalized spacial score (nSPS) is 11.0. The zero-order chi connectivity index (χ0) is 16.2. The monoisotopic (exact) mass is 309 g/mol. The minimum atomic E-state index is -0.516. The van der Waals surface area contributed by atoms with Crippen LogP contribution in [0.2, 0.25) is 0 Å². The molecule has 0 aliphatic carbocycles. The molecule has 0 spiro atoms. The number of rotatable bonds is 4. The molecule has 0 aliphatic heterocycles. The molecule has 0 bridgehead atoms. The van der Waals surface area contributed by atoms with Crippen LogP contribution in [-0.2, 0) is 0 Å². The number of hydrogen-bond acceptors (Lipinski definition) is 5. The van der Waals surface area contributed by atoms with Crippen LogP contribution < -0.4 is 5.56 Å². The third-order valence-electron chi connectivity index (χ3n) is 3.12. The van der Waals surface area contributed by atoms with Gasteiger partial charge in [-0.3, -0.25) is 25.1 Å². The number of azo groups is 1. The molecule has 114 valence electrons. The van der Waals surface area contributed by atoms with Crippen LogP contribution in [0, 0.1) is 10.1 Å². The van der Waals surface area contributed by atoms with Crippen molar-refractivity contribution >= 4 is 17.1 Å². The quantitative estimate of drug-likeness (QED) is 0.434. The number of benzene rings is 2. The first-order chi connectivity index (χ1) is 11.1. The van der Waals surface area contributed by atoms with Gasteiger partial charge in [0.1, 0.15) is 0 Å². The van der Waals surface area contributed by atoms with Crippen molar-refractivity contribution in [3.63, 3.8) is 0 Å². The fraction of sp³-hybridized carbons (Fsp3) is 0. The van der Waals surface area contributed by atoms with Crippen molar-refractivity contribution in [3.8, 4) is 11.3 Å². The lowest BCUT2D eigenvalue weighted by Gasteiger charge is -1.97. The molecule has 0 saturated carbocycles. The van der Waals surface area contributed by atoms with Crippen molar-refractivity contribution in [2.45, 2.75) is 0 Å². The Labute approximate surface area is 129 Å². The van der Waals surface area contributed by atoms with Crippen molar-refractivity contribution in [1.29, 1.82) is 0 Å². The second kappa shape index (κ2) is 6.06. The summed E-state index contributed by atoms with van der Waals surface area (Å²) in [6.07, 6.45) is 0. The third-order valence-corrected chi connectivity index (χ3v) is 3.12. The van der Waals surface area contributed by atoms with Crippen LogP contribution in [0.3, 0.4) is 0 Å². The highest BCUT2D eigenvalue weighted by Gasteiger charge is 2.11. The van der Waals surface area contributed by atoms with Crippen LogP contribution in [0.5, 0.6) is 0 Å². The average Bonchev–Trinajstić information content (AvgIpc) is 2.95. The van der Waals surface area contributed by atoms with Crippen LogP contribution in [0.4, 0.5) is 17.1 Å². The summed E-state index contributed by atoms with van der Waals surface area (Å²) in [5.74, 6) is 0. The standard InChI is InChI=1S/C15H11N5O3/c21-15-14(13(17-19-15)10-5-2-1-3-6-10)18-16-11-7-4-8-12(9-11)20(22)23/h1-9H,(H2,17,19,21). The first-order valence-electron chi connectivity index (χ1n) is 6.67. The van der Waals surface area contributed by atoms with Crippen molar-refractivity contribution in [3.05, 3.63) is 75.1 Å². The van der Waals surface area contributed by atoms with Gasteiger partial charge in [-0.2, -0.15) is 5.11 Å². The number of aromatic amines is 2. The molecule has 0 aliphatic rings. The Morgan fingerprint density at radius 2 is 1.74 bits per heavy atom. The topological polar surface area (TPSA) is 117 Å².